The summed E-state index contributed by atoms with van der Waals surface area (Å²) in [5.41, 5.74) is 16.1. The normalized spacial score (nSPS) is 18.1. The first-order valence-electron chi connectivity index (χ1n) is 29.8. The van der Waals surface area contributed by atoms with E-state index in [-0.39, 0.29) is 23.8 Å². The summed E-state index contributed by atoms with van der Waals surface area (Å²) in [5.74, 6) is 2.05. The maximum Gasteiger partial charge on any atom is 0.314 e. The van der Waals surface area contributed by atoms with Crippen LogP contribution in [0.5, 0.6) is 0 Å². The molecule has 85 heavy (non-hydrogen) atoms. The molecule has 17 nitrogen and oxygen atoms in total. The second kappa shape index (κ2) is 27.6. The molecule has 13 rings (SSSR count). The average molecular weight is 1240 g/mol. The molecule has 0 radical (unpaired) electrons. The third-order valence-corrected chi connectivity index (χ3v) is 19.8. The third-order valence-electron chi connectivity index (χ3n) is 17.8. The number of nitrogens with two attached hydrogens (primary N) is 1. The highest BCUT2D eigenvalue weighted by atomic mass is 35.5. The zero-order chi connectivity index (χ0) is 59.9. The molecule has 8 aromatic rings. The number of H-pyrrole nitrogens is 4. The van der Waals surface area contributed by atoms with Crippen molar-refractivity contribution in [1.82, 2.24) is 38.9 Å². The molecular formula is C64H79Cl3N10O7S. The number of piperidine rings is 3. The van der Waals surface area contributed by atoms with Gasteiger partial charge in [-0.05, 0) is 170 Å². The number of halogens is 3. The molecule has 4 aromatic heterocycles. The number of nitrogens with zero attached hydrogens (tertiary/aromatic N) is 5. The molecule has 4 amide bonds. The van der Waals surface area contributed by atoms with Gasteiger partial charge in [-0.3, -0.25) is 9.59 Å². The number of aromatic amines is 4. The number of urea groups is 1. The van der Waals surface area contributed by atoms with Gasteiger partial charge in [0.05, 0.1) is 6.26 Å². The fourth-order valence-corrected chi connectivity index (χ4v) is 14.7. The molecular weight excluding hydrogens is 1160 g/mol. The lowest BCUT2D eigenvalue weighted by Gasteiger charge is -2.35. The molecule has 0 aliphatic carbocycles. The number of nitrogens with one attached hydrogen (secondary N) is 4. The Balaban J connectivity index is 0.000000127. The molecule has 454 valence electrons. The van der Waals surface area contributed by atoms with Gasteiger partial charge < -0.3 is 55.1 Å². The molecule has 9 heterocycles. The highest BCUT2D eigenvalue weighted by Gasteiger charge is 2.30. The molecule has 5 saturated heterocycles. The van der Waals surface area contributed by atoms with Crippen LogP contribution in [-0.4, -0.2) is 162 Å². The van der Waals surface area contributed by atoms with E-state index in [4.69, 9.17) is 50.4 Å². The quantitative estimate of drug-likeness (QED) is 0.0857. The molecule has 4 aromatic carbocycles. The monoisotopic (exact) mass is 1240 g/mol. The van der Waals surface area contributed by atoms with Gasteiger partial charge in [0.15, 0.2) is 0 Å². The Kier molecular flexibility index (Phi) is 20.1. The summed E-state index contributed by atoms with van der Waals surface area (Å²) in [4.78, 5) is 55.4. The Morgan fingerprint density at radius 2 is 0.953 bits per heavy atom. The second-order valence-corrected chi connectivity index (χ2v) is 26.8. The van der Waals surface area contributed by atoms with Gasteiger partial charge in [-0.1, -0.05) is 48.7 Å². The standard InChI is InChI=1S/C18H25N3O3S.C17H21ClN2O.C15H17ClN2O2.C14H16ClN3O/c1-25(22,23)21-8-6-20(7-9-21)18-13-15(14-3-10-24-11-4-14)12-17-16(18)2-5-19-17;1-11(2)17(21)20-7-4-12(5-8-20)15-9-13(18)10-16-14(15)3-6-19-16;16-11-7-13(12-1-4-17-14(12)8-11)10-2-5-18(6-3-10)15(20)9-19;15-10-7-12(11-1-4-17-13(11)8-10)9-2-5-18(6-3-9)14(16)19/h2,5,12-14,19H,3-4,6-11H2,1H3;3,6,9-12,19H,4-5,7-8H2,1-2H3;1,4,7-8,10,17,19H,2-3,5-6,9H2;1,4,7-9,17H,2-3,5-6H2,(H2,16,19). The first-order valence-corrected chi connectivity index (χ1v) is 32.8. The number of primary amides is 1. The molecule has 0 atom stereocenters. The van der Waals surface area contributed by atoms with Crippen molar-refractivity contribution in [3.8, 4) is 0 Å². The predicted octanol–water partition coefficient (Wildman–Crippen LogP) is 11.9. The number of fused-ring (bicyclic) bond motifs is 4. The van der Waals surface area contributed by atoms with Crippen molar-refractivity contribution in [3.63, 3.8) is 0 Å². The number of benzene rings is 4. The highest BCUT2D eigenvalue weighted by Crippen LogP contribution is 2.39. The molecule has 0 saturated carbocycles. The van der Waals surface area contributed by atoms with Gasteiger partial charge >= 0.3 is 6.03 Å². The third kappa shape index (κ3) is 14.8. The van der Waals surface area contributed by atoms with E-state index in [9.17, 15) is 22.8 Å². The minimum Gasteiger partial charge on any atom is -0.387 e. The summed E-state index contributed by atoms with van der Waals surface area (Å²) >= 11 is 18.6. The van der Waals surface area contributed by atoms with Crippen LogP contribution >= 0.6 is 34.8 Å². The number of sulfonamides is 1. The number of ether oxygens (including phenoxy) is 1. The minimum atomic E-state index is -3.10. The van der Waals surface area contributed by atoms with E-state index in [1.165, 1.54) is 55.7 Å². The summed E-state index contributed by atoms with van der Waals surface area (Å²) < 4.78 is 30.6. The van der Waals surface area contributed by atoms with Crippen molar-refractivity contribution in [2.75, 3.05) is 96.4 Å². The Labute approximate surface area is 512 Å². The van der Waals surface area contributed by atoms with E-state index in [0.29, 0.717) is 49.9 Å². The van der Waals surface area contributed by atoms with Crippen molar-refractivity contribution in [2.45, 2.75) is 88.9 Å². The smallest absolute Gasteiger partial charge is 0.314 e. The fourth-order valence-electron chi connectivity index (χ4n) is 13.2. The maximum absolute atomic E-state index is 12.1. The average Bonchev–Trinajstić information content (AvgIpc) is 4.06. The van der Waals surface area contributed by atoms with E-state index in [2.05, 4.69) is 67.3 Å². The molecule has 5 fully saturated rings. The number of aromatic nitrogens is 4. The topological polar surface area (TPSA) is 220 Å². The number of carbonyl (C=O) groups excluding carboxylic acids is 3. The summed E-state index contributed by atoms with van der Waals surface area (Å²) in [7, 11) is -3.10. The van der Waals surface area contributed by atoms with Crippen molar-refractivity contribution in [2.24, 2.45) is 11.7 Å². The number of aliphatic hydroxyl groups is 1. The molecule has 21 heteroatoms. The largest absolute Gasteiger partial charge is 0.387 e. The molecule has 5 aliphatic rings. The van der Waals surface area contributed by atoms with E-state index in [1.54, 1.807) is 14.1 Å². The van der Waals surface area contributed by atoms with E-state index in [1.807, 2.05) is 73.9 Å². The Bertz CT molecular complexity index is 3710. The summed E-state index contributed by atoms with van der Waals surface area (Å²) in [6, 6.07) is 24.7. The molecule has 7 N–H and O–H groups in total. The minimum absolute atomic E-state index is 0.0871. The van der Waals surface area contributed by atoms with Crippen molar-refractivity contribution in [3.05, 3.63) is 135 Å². The van der Waals surface area contributed by atoms with Crippen LogP contribution in [-0.2, 0) is 24.3 Å². The van der Waals surface area contributed by atoms with Gasteiger partial charge in [-0.2, -0.15) is 4.31 Å². The first kappa shape index (κ1) is 61.8. The van der Waals surface area contributed by atoms with Crippen molar-refractivity contribution in [1.29, 1.82) is 0 Å². The SMILES string of the molecule is CC(C)C(=O)N1CCC(c2cc(Cl)cc3[nH]ccc23)CC1.CS(=O)(=O)N1CCN(c2cc(C3CCOCC3)cc3[nH]ccc23)CC1.NC(=O)N1CCC(c2cc(Cl)cc3[nH]ccc23)CC1.O=C(CO)N1CCC(c2cc(Cl)cc3[nH]ccc23)CC1. The summed E-state index contributed by atoms with van der Waals surface area (Å²) in [6.07, 6.45) is 16.9. The lowest BCUT2D eigenvalue weighted by Crippen LogP contribution is -2.48. The number of carbonyl (C=O) groups is 3. The molecule has 5 aliphatic heterocycles. The van der Waals surface area contributed by atoms with Crippen LogP contribution < -0.4 is 10.6 Å². The molecule has 0 unspecified atom stereocenters. The van der Waals surface area contributed by atoms with Gasteiger partial charge in [0.2, 0.25) is 21.8 Å². The number of likely N-dealkylation sites (tertiary alicyclic amines) is 3. The Morgan fingerprint density at radius 3 is 1.35 bits per heavy atom. The van der Waals surface area contributed by atoms with Gasteiger partial charge in [0.1, 0.15) is 6.61 Å². The van der Waals surface area contributed by atoms with Crippen LogP contribution in [0.15, 0.2) is 97.6 Å². The number of hydrogen-bond acceptors (Lipinski definition) is 8. The molecule has 0 spiro atoms. The van der Waals surface area contributed by atoms with Gasteiger partial charge in [0, 0.05) is 174 Å². The van der Waals surface area contributed by atoms with Gasteiger partial charge in [-0.25, -0.2) is 13.2 Å². The van der Waals surface area contributed by atoms with Crippen LogP contribution in [0, 0.1) is 5.92 Å². The van der Waals surface area contributed by atoms with Crippen molar-refractivity contribution < 1.29 is 32.6 Å². The number of piperazine rings is 1. The zero-order valence-electron chi connectivity index (χ0n) is 48.7. The number of aliphatic hydroxyl groups excluding tert-OH is 1. The Morgan fingerprint density at radius 1 is 0.553 bits per heavy atom. The van der Waals surface area contributed by atoms with E-state index in [0.717, 1.165) is 141 Å². The van der Waals surface area contributed by atoms with Crippen LogP contribution in [0.3, 0.4) is 0 Å². The van der Waals surface area contributed by atoms with Crippen LogP contribution in [0.2, 0.25) is 15.1 Å². The lowest BCUT2D eigenvalue weighted by molar-refractivity contribution is -0.136. The van der Waals surface area contributed by atoms with Crippen molar-refractivity contribution >= 4 is 112 Å². The van der Waals surface area contributed by atoms with Crippen LogP contribution in [0.25, 0.3) is 43.6 Å². The predicted molar refractivity (Wildman–Crippen MR) is 342 cm³/mol. The number of anilines is 1. The maximum atomic E-state index is 12.1. The van der Waals surface area contributed by atoms with E-state index < -0.39 is 16.6 Å². The van der Waals surface area contributed by atoms with Gasteiger partial charge in [0.25, 0.3) is 0 Å². The highest BCUT2D eigenvalue weighted by molar-refractivity contribution is 7.88. The lowest BCUT2D eigenvalue weighted by atomic mass is 9.87. The zero-order valence-corrected chi connectivity index (χ0v) is 51.8. The second-order valence-electron chi connectivity index (χ2n) is 23.5. The van der Waals surface area contributed by atoms with Crippen LogP contribution in [0.1, 0.15) is 111 Å². The summed E-state index contributed by atoms with van der Waals surface area (Å²) in [5, 5.41) is 16.1. The Hall–Kier alpha value is -6.25. The fraction of sp³-hybridized carbons (Fsp3) is 0.453. The first-order chi connectivity index (χ1) is 40.9. The number of amides is 4. The molecule has 0 bridgehead atoms. The number of rotatable bonds is 8. The van der Waals surface area contributed by atoms with Gasteiger partial charge in [-0.15, -0.1) is 0 Å². The van der Waals surface area contributed by atoms with E-state index >= 15 is 0 Å². The van der Waals surface area contributed by atoms with Crippen LogP contribution in [0.4, 0.5) is 10.5 Å². The number of hydrogen-bond donors (Lipinski definition) is 6. The summed E-state index contributed by atoms with van der Waals surface area (Å²) in [6.45, 7) is 12.3.